The molecular formula is C27H40O3. The molecule has 1 aromatic heterocycles. The minimum absolute atomic E-state index is 0.286. The van der Waals surface area contributed by atoms with Crippen LogP contribution in [0.15, 0.2) is 35.2 Å². The van der Waals surface area contributed by atoms with Gasteiger partial charge in [-0.3, -0.25) is 0 Å². The van der Waals surface area contributed by atoms with Crippen molar-refractivity contribution in [3.8, 4) is 0 Å². The van der Waals surface area contributed by atoms with Crippen LogP contribution in [0.5, 0.6) is 0 Å². The van der Waals surface area contributed by atoms with Crippen LogP contribution >= 0.6 is 0 Å². The van der Waals surface area contributed by atoms with Crippen LogP contribution in [0.3, 0.4) is 0 Å². The zero-order chi connectivity index (χ0) is 21.6. The van der Waals surface area contributed by atoms with Crippen molar-refractivity contribution in [2.75, 3.05) is 0 Å². The number of hydrogen-bond acceptors (Lipinski definition) is 2. The first-order valence-electron chi connectivity index (χ1n) is 12.1. The van der Waals surface area contributed by atoms with E-state index in [-0.39, 0.29) is 5.41 Å². The lowest BCUT2D eigenvalue weighted by molar-refractivity contribution is -0.171. The van der Waals surface area contributed by atoms with Gasteiger partial charge in [-0.15, -0.1) is 0 Å². The van der Waals surface area contributed by atoms with Crippen LogP contribution in [0.1, 0.15) is 84.6 Å². The fourth-order valence-corrected chi connectivity index (χ4v) is 8.58. The first kappa shape index (κ1) is 21.7. The molecule has 3 heteroatoms. The molecule has 3 saturated carbocycles. The van der Waals surface area contributed by atoms with Gasteiger partial charge in [-0.2, -0.15) is 0 Å². The Hall–Kier alpha value is -1.51. The largest absolute Gasteiger partial charge is 0.478 e. The van der Waals surface area contributed by atoms with E-state index >= 15 is 0 Å². The molecular weight excluding hydrogens is 372 g/mol. The number of hydrogen-bond donors (Lipinski definition) is 1. The average molecular weight is 413 g/mol. The van der Waals surface area contributed by atoms with E-state index < -0.39 is 5.97 Å². The van der Waals surface area contributed by atoms with Gasteiger partial charge in [0.1, 0.15) is 0 Å². The summed E-state index contributed by atoms with van der Waals surface area (Å²) in [6.07, 6.45) is 18.3. The number of aryl methyl sites for hydroxylation is 1. The van der Waals surface area contributed by atoms with Gasteiger partial charge in [-0.25, -0.2) is 4.79 Å². The van der Waals surface area contributed by atoms with Crippen molar-refractivity contribution in [3.05, 3.63) is 36.3 Å². The van der Waals surface area contributed by atoms with Crippen molar-refractivity contribution in [2.45, 2.75) is 85.5 Å². The second-order valence-electron chi connectivity index (χ2n) is 11.7. The summed E-state index contributed by atoms with van der Waals surface area (Å²) in [6, 6.07) is 2.08. The van der Waals surface area contributed by atoms with Crippen LogP contribution in [0, 0.1) is 39.9 Å². The van der Waals surface area contributed by atoms with Crippen molar-refractivity contribution in [1.82, 2.24) is 0 Å². The highest BCUT2D eigenvalue weighted by atomic mass is 16.4. The Morgan fingerprint density at radius 3 is 2.60 bits per heavy atom. The SMILES string of the molecule is CC1(C)CCC[C@]2(C)[C@H]3CC[C@@H](/C=C/C(=O)O)[C@H](CCc4ccoc4)[C@@]3(C)CC[C@@H]12. The maximum atomic E-state index is 11.3. The summed E-state index contributed by atoms with van der Waals surface area (Å²) in [7, 11) is 0. The summed E-state index contributed by atoms with van der Waals surface area (Å²) in [5.41, 5.74) is 2.42. The molecule has 30 heavy (non-hydrogen) atoms. The third-order valence-electron chi connectivity index (χ3n) is 9.80. The molecule has 1 N–H and O–H groups in total. The van der Waals surface area contributed by atoms with Crippen molar-refractivity contribution >= 4 is 5.97 Å². The number of aliphatic carboxylic acids is 1. The molecule has 4 rings (SSSR count). The van der Waals surface area contributed by atoms with Crippen LogP contribution in [0.25, 0.3) is 0 Å². The molecule has 166 valence electrons. The van der Waals surface area contributed by atoms with E-state index in [0.717, 1.165) is 31.1 Å². The minimum Gasteiger partial charge on any atom is -0.478 e. The Morgan fingerprint density at radius 1 is 1.10 bits per heavy atom. The highest BCUT2D eigenvalue weighted by molar-refractivity contribution is 5.79. The number of carboxylic acid groups (broad SMARTS) is 1. The molecule has 1 heterocycles. The van der Waals surface area contributed by atoms with Crippen LogP contribution in [-0.4, -0.2) is 11.1 Å². The topological polar surface area (TPSA) is 50.4 Å². The van der Waals surface area contributed by atoms with Gasteiger partial charge in [0.2, 0.25) is 0 Å². The Labute approximate surface area is 182 Å². The van der Waals surface area contributed by atoms with E-state index in [2.05, 4.69) is 33.8 Å². The number of fused-ring (bicyclic) bond motifs is 3. The van der Waals surface area contributed by atoms with Gasteiger partial charge in [-0.05, 0) is 103 Å². The fraction of sp³-hybridized carbons (Fsp3) is 0.741. The molecule has 0 bridgehead atoms. The number of furan rings is 1. The monoisotopic (exact) mass is 412 g/mol. The van der Waals surface area contributed by atoms with Crippen LogP contribution in [0.4, 0.5) is 0 Å². The zero-order valence-electron chi connectivity index (χ0n) is 19.3. The quantitative estimate of drug-likeness (QED) is 0.523. The fourth-order valence-electron chi connectivity index (χ4n) is 8.58. The number of carbonyl (C=O) groups is 1. The number of allylic oxidation sites excluding steroid dienone is 1. The Kier molecular flexibility index (Phi) is 5.70. The Morgan fingerprint density at radius 2 is 1.90 bits per heavy atom. The summed E-state index contributed by atoms with van der Waals surface area (Å²) >= 11 is 0. The summed E-state index contributed by atoms with van der Waals surface area (Å²) in [5.74, 6) is 1.64. The summed E-state index contributed by atoms with van der Waals surface area (Å²) < 4.78 is 5.31. The maximum absolute atomic E-state index is 11.3. The molecule has 0 aliphatic heterocycles. The lowest BCUT2D eigenvalue weighted by Crippen LogP contribution is -2.59. The van der Waals surface area contributed by atoms with Gasteiger partial charge in [0.15, 0.2) is 0 Å². The predicted molar refractivity (Wildman–Crippen MR) is 120 cm³/mol. The van der Waals surface area contributed by atoms with Crippen LogP contribution in [0.2, 0.25) is 0 Å². The first-order chi connectivity index (χ1) is 14.2. The van der Waals surface area contributed by atoms with Crippen molar-refractivity contribution in [2.24, 2.45) is 39.9 Å². The second kappa shape index (κ2) is 7.88. The molecule has 0 amide bonds. The molecule has 0 aromatic carbocycles. The van der Waals surface area contributed by atoms with E-state index in [1.165, 1.54) is 50.2 Å². The molecule has 0 saturated heterocycles. The third-order valence-corrected chi connectivity index (χ3v) is 9.80. The lowest BCUT2D eigenvalue weighted by atomic mass is 9.38. The van der Waals surface area contributed by atoms with Gasteiger partial charge >= 0.3 is 5.97 Å². The molecule has 3 nitrogen and oxygen atoms in total. The standard InChI is InChI=1S/C27H40O3/c1-25(2)14-5-15-27(4)22(25)12-16-26(3)21(9-6-19-13-17-30-18-19)20(7-10-23(26)27)8-11-24(28)29/h8,11,13,17-18,20-23H,5-7,9-10,12,14-16H2,1-4H3,(H,28,29)/b11-8+/t20-,21-,22-,23-,26+,27-/m0/s1. The average Bonchev–Trinajstić information content (AvgIpc) is 3.17. The summed E-state index contributed by atoms with van der Waals surface area (Å²) in [6.45, 7) is 10.2. The van der Waals surface area contributed by atoms with Gasteiger partial charge < -0.3 is 9.52 Å². The Bertz CT molecular complexity index is 776. The summed E-state index contributed by atoms with van der Waals surface area (Å²) in [5, 5.41) is 9.26. The van der Waals surface area contributed by atoms with Gasteiger partial charge in [0.25, 0.3) is 0 Å². The molecule has 0 unspecified atom stereocenters. The van der Waals surface area contributed by atoms with E-state index in [1.54, 1.807) is 6.26 Å². The molecule has 3 aliphatic carbocycles. The normalized spacial score (nSPS) is 40.7. The molecule has 1 aromatic rings. The van der Waals surface area contributed by atoms with E-state index in [9.17, 15) is 9.90 Å². The van der Waals surface area contributed by atoms with Gasteiger partial charge in [-0.1, -0.05) is 40.2 Å². The van der Waals surface area contributed by atoms with Crippen LogP contribution in [-0.2, 0) is 11.2 Å². The zero-order valence-corrected chi connectivity index (χ0v) is 19.3. The molecule has 0 spiro atoms. The highest BCUT2D eigenvalue weighted by Gasteiger charge is 2.61. The third kappa shape index (κ3) is 3.67. The smallest absolute Gasteiger partial charge is 0.327 e. The Balaban J connectivity index is 1.65. The lowest BCUT2D eigenvalue weighted by Gasteiger charge is -2.66. The number of rotatable bonds is 5. The first-order valence-corrected chi connectivity index (χ1v) is 12.1. The molecule has 0 radical (unpaired) electrons. The minimum atomic E-state index is -0.819. The van der Waals surface area contributed by atoms with Crippen LogP contribution < -0.4 is 0 Å². The van der Waals surface area contributed by atoms with Gasteiger partial charge in [0.05, 0.1) is 12.5 Å². The number of carboxylic acids is 1. The predicted octanol–water partition coefficient (Wildman–Crippen LogP) is 7.13. The molecule has 3 fully saturated rings. The van der Waals surface area contributed by atoms with Crippen molar-refractivity contribution in [1.29, 1.82) is 0 Å². The van der Waals surface area contributed by atoms with Gasteiger partial charge in [0, 0.05) is 6.08 Å². The summed E-state index contributed by atoms with van der Waals surface area (Å²) in [4.78, 5) is 11.3. The van der Waals surface area contributed by atoms with E-state index in [4.69, 9.17) is 4.42 Å². The molecule has 3 aliphatic rings. The van der Waals surface area contributed by atoms with E-state index in [0.29, 0.717) is 22.7 Å². The highest BCUT2D eigenvalue weighted by Crippen LogP contribution is 2.69. The van der Waals surface area contributed by atoms with E-state index in [1.807, 2.05) is 12.3 Å². The van der Waals surface area contributed by atoms with Crippen molar-refractivity contribution < 1.29 is 14.3 Å². The maximum Gasteiger partial charge on any atom is 0.327 e. The second-order valence-corrected chi connectivity index (χ2v) is 11.7. The van der Waals surface area contributed by atoms with Crippen molar-refractivity contribution in [3.63, 3.8) is 0 Å². The molecule has 6 atom stereocenters.